The molecule has 1 N–H and O–H groups in total. The van der Waals surface area contributed by atoms with E-state index in [-0.39, 0.29) is 6.04 Å². The van der Waals surface area contributed by atoms with Crippen molar-refractivity contribution in [3.8, 4) is 5.75 Å². The Kier molecular flexibility index (Phi) is 5.27. The Morgan fingerprint density at radius 1 is 1.19 bits per heavy atom. The molecular formula is C21H26N4OS. The van der Waals surface area contributed by atoms with Gasteiger partial charge in [0.05, 0.1) is 18.5 Å². The van der Waals surface area contributed by atoms with Crippen molar-refractivity contribution in [1.82, 2.24) is 14.9 Å². The summed E-state index contributed by atoms with van der Waals surface area (Å²) in [4.78, 5) is 13.9. The lowest BCUT2D eigenvalue weighted by atomic mass is 10.0. The van der Waals surface area contributed by atoms with E-state index < -0.39 is 0 Å². The number of fused-ring (bicyclic) bond motifs is 1. The highest BCUT2D eigenvalue weighted by molar-refractivity contribution is 7.18. The molecule has 0 bridgehead atoms. The van der Waals surface area contributed by atoms with Crippen LogP contribution in [0.3, 0.4) is 0 Å². The number of hydrogen-bond acceptors (Lipinski definition) is 6. The summed E-state index contributed by atoms with van der Waals surface area (Å²) in [6, 6.07) is 8.61. The number of nitrogens with one attached hydrogen (secondary N) is 1. The highest BCUT2D eigenvalue weighted by Gasteiger charge is 2.26. The average Bonchev–Trinajstić information content (AvgIpc) is 3.32. The van der Waals surface area contributed by atoms with Gasteiger partial charge in [-0.25, -0.2) is 9.97 Å². The van der Waals surface area contributed by atoms with Gasteiger partial charge in [0.15, 0.2) is 0 Å². The van der Waals surface area contributed by atoms with Gasteiger partial charge in [-0.05, 0) is 51.4 Å². The minimum absolute atomic E-state index is 0.258. The molecule has 1 aliphatic heterocycles. The molecule has 1 aromatic carbocycles. The number of aryl methyl sites for hydroxylation is 2. The van der Waals surface area contributed by atoms with Crippen LogP contribution in [0.2, 0.25) is 0 Å². The number of nitrogens with zero attached hydrogens (tertiary/aromatic N) is 3. The van der Waals surface area contributed by atoms with Gasteiger partial charge in [0.25, 0.3) is 0 Å². The van der Waals surface area contributed by atoms with Crippen molar-refractivity contribution in [2.45, 2.75) is 32.7 Å². The third kappa shape index (κ3) is 3.51. The van der Waals surface area contributed by atoms with E-state index in [0.29, 0.717) is 0 Å². The maximum absolute atomic E-state index is 5.65. The molecule has 0 aliphatic carbocycles. The van der Waals surface area contributed by atoms with Crippen LogP contribution >= 0.6 is 11.3 Å². The van der Waals surface area contributed by atoms with Gasteiger partial charge in [-0.3, -0.25) is 4.90 Å². The number of hydrogen-bond donors (Lipinski definition) is 1. The zero-order valence-electron chi connectivity index (χ0n) is 16.2. The Bertz CT molecular complexity index is 933. The maximum Gasteiger partial charge on any atom is 0.138 e. The van der Waals surface area contributed by atoms with Crippen LogP contribution < -0.4 is 10.1 Å². The van der Waals surface area contributed by atoms with E-state index in [4.69, 9.17) is 4.74 Å². The number of likely N-dealkylation sites (tertiary alicyclic amines) is 1. The third-order valence-electron chi connectivity index (χ3n) is 5.51. The summed E-state index contributed by atoms with van der Waals surface area (Å²) < 4.78 is 5.65. The second kappa shape index (κ2) is 7.82. The molecule has 0 unspecified atom stereocenters. The summed E-state index contributed by atoms with van der Waals surface area (Å²) in [7, 11) is 1.75. The van der Waals surface area contributed by atoms with Gasteiger partial charge in [-0.1, -0.05) is 18.2 Å². The van der Waals surface area contributed by atoms with Crippen LogP contribution in [-0.2, 0) is 0 Å². The predicted octanol–water partition coefficient (Wildman–Crippen LogP) is 4.57. The highest BCUT2D eigenvalue weighted by atomic mass is 32.1. The van der Waals surface area contributed by atoms with Gasteiger partial charge in [0, 0.05) is 17.0 Å². The van der Waals surface area contributed by atoms with E-state index in [1.165, 1.54) is 28.8 Å². The largest absolute Gasteiger partial charge is 0.496 e. The van der Waals surface area contributed by atoms with E-state index in [2.05, 4.69) is 46.2 Å². The first kappa shape index (κ1) is 18.2. The molecule has 27 heavy (non-hydrogen) atoms. The SMILES string of the molecule is COc1ccccc1[C@@H](CNc1ncnc2sc(C)c(C)c12)N1CCCC1. The summed E-state index contributed by atoms with van der Waals surface area (Å²) in [5, 5.41) is 4.78. The van der Waals surface area contributed by atoms with Gasteiger partial charge in [-0.15, -0.1) is 11.3 Å². The van der Waals surface area contributed by atoms with Crippen LogP contribution in [0.1, 0.15) is 34.9 Å². The van der Waals surface area contributed by atoms with Crippen LogP contribution in [0.5, 0.6) is 5.75 Å². The Hall–Kier alpha value is -2.18. The summed E-state index contributed by atoms with van der Waals surface area (Å²) in [5.74, 6) is 1.88. The molecule has 2 aromatic heterocycles. The Labute approximate surface area is 164 Å². The Balaban J connectivity index is 1.65. The van der Waals surface area contributed by atoms with E-state index in [1.54, 1.807) is 24.8 Å². The monoisotopic (exact) mass is 382 g/mol. The minimum atomic E-state index is 0.258. The van der Waals surface area contributed by atoms with Crippen molar-refractivity contribution >= 4 is 27.4 Å². The molecule has 3 heterocycles. The molecule has 1 fully saturated rings. The standard InChI is InChI=1S/C21H26N4OS/c1-14-15(2)27-21-19(14)20(23-13-24-21)22-12-17(25-10-6-7-11-25)16-8-4-5-9-18(16)26-3/h4-5,8-9,13,17H,6-7,10-12H2,1-3H3,(H,22,23,24)/t17-/m1/s1. The van der Waals surface area contributed by atoms with Gasteiger partial charge in [0.2, 0.25) is 0 Å². The molecule has 142 valence electrons. The number of aromatic nitrogens is 2. The van der Waals surface area contributed by atoms with Crippen molar-refractivity contribution < 1.29 is 4.74 Å². The lowest BCUT2D eigenvalue weighted by Gasteiger charge is -2.29. The number of methoxy groups -OCH3 is 1. The quantitative estimate of drug-likeness (QED) is 0.677. The zero-order valence-corrected chi connectivity index (χ0v) is 17.0. The number of ether oxygens (including phenoxy) is 1. The number of benzene rings is 1. The van der Waals surface area contributed by atoms with Crippen molar-refractivity contribution in [3.63, 3.8) is 0 Å². The smallest absolute Gasteiger partial charge is 0.138 e. The van der Waals surface area contributed by atoms with Crippen LogP contribution in [0.25, 0.3) is 10.2 Å². The van der Waals surface area contributed by atoms with Crippen molar-refractivity contribution in [3.05, 3.63) is 46.6 Å². The lowest BCUT2D eigenvalue weighted by molar-refractivity contribution is 0.249. The summed E-state index contributed by atoms with van der Waals surface area (Å²) in [6.45, 7) is 7.34. The maximum atomic E-state index is 5.65. The van der Waals surface area contributed by atoms with Gasteiger partial charge < -0.3 is 10.1 Å². The number of para-hydroxylation sites is 1. The highest BCUT2D eigenvalue weighted by Crippen LogP contribution is 2.35. The number of anilines is 1. The molecule has 4 rings (SSSR count). The number of thiophene rings is 1. The Morgan fingerprint density at radius 3 is 2.74 bits per heavy atom. The average molecular weight is 383 g/mol. The number of rotatable bonds is 6. The molecular weight excluding hydrogens is 356 g/mol. The topological polar surface area (TPSA) is 50.3 Å². The Morgan fingerprint density at radius 2 is 1.96 bits per heavy atom. The van der Waals surface area contributed by atoms with Gasteiger partial charge >= 0.3 is 0 Å². The lowest BCUT2D eigenvalue weighted by Crippen LogP contribution is -2.31. The van der Waals surface area contributed by atoms with Crippen LogP contribution in [0, 0.1) is 13.8 Å². The van der Waals surface area contributed by atoms with Gasteiger partial charge in [-0.2, -0.15) is 0 Å². The fourth-order valence-electron chi connectivity index (χ4n) is 3.94. The van der Waals surface area contributed by atoms with E-state index in [1.807, 2.05) is 12.1 Å². The first-order valence-corrected chi connectivity index (χ1v) is 10.3. The summed E-state index contributed by atoms with van der Waals surface area (Å²) >= 11 is 1.73. The van der Waals surface area contributed by atoms with Crippen molar-refractivity contribution in [1.29, 1.82) is 0 Å². The molecule has 0 radical (unpaired) electrons. The second-order valence-corrected chi connectivity index (χ2v) is 8.27. The van der Waals surface area contributed by atoms with Crippen molar-refractivity contribution in [2.24, 2.45) is 0 Å². The van der Waals surface area contributed by atoms with E-state index in [0.717, 1.165) is 41.4 Å². The van der Waals surface area contributed by atoms with Crippen LogP contribution in [0.15, 0.2) is 30.6 Å². The molecule has 0 amide bonds. The normalized spacial score (nSPS) is 16.0. The van der Waals surface area contributed by atoms with Crippen LogP contribution in [-0.4, -0.2) is 41.6 Å². The molecule has 3 aromatic rings. The first-order chi connectivity index (χ1) is 13.2. The molecule has 1 atom stereocenters. The molecule has 5 nitrogen and oxygen atoms in total. The third-order valence-corrected chi connectivity index (χ3v) is 6.62. The van der Waals surface area contributed by atoms with Gasteiger partial charge in [0.1, 0.15) is 22.7 Å². The summed E-state index contributed by atoms with van der Waals surface area (Å²) in [6.07, 6.45) is 4.17. The molecule has 1 aliphatic rings. The molecule has 0 spiro atoms. The van der Waals surface area contributed by atoms with E-state index in [9.17, 15) is 0 Å². The molecule has 6 heteroatoms. The molecule has 1 saturated heterocycles. The minimum Gasteiger partial charge on any atom is -0.496 e. The van der Waals surface area contributed by atoms with Crippen molar-refractivity contribution in [2.75, 3.05) is 32.1 Å². The first-order valence-electron chi connectivity index (χ1n) is 9.50. The predicted molar refractivity (Wildman–Crippen MR) is 112 cm³/mol. The fraction of sp³-hybridized carbons (Fsp3) is 0.429. The molecule has 0 saturated carbocycles. The van der Waals surface area contributed by atoms with E-state index >= 15 is 0 Å². The fourth-order valence-corrected chi connectivity index (χ4v) is 4.94. The second-order valence-electron chi connectivity index (χ2n) is 7.07. The van der Waals surface area contributed by atoms with Crippen LogP contribution in [0.4, 0.5) is 5.82 Å². The zero-order chi connectivity index (χ0) is 18.8. The summed E-state index contributed by atoms with van der Waals surface area (Å²) in [5.41, 5.74) is 2.51.